The number of nitrogens with one attached hydrogen (secondary N) is 3. The lowest BCUT2D eigenvalue weighted by Crippen LogP contribution is -2.50. The Bertz CT molecular complexity index is 999. The largest absolute Gasteiger partial charge is 0.461 e. The molecule has 2 rings (SSSR count). The van der Waals surface area contributed by atoms with Crippen molar-refractivity contribution >= 4 is 41.2 Å². The highest BCUT2D eigenvalue weighted by atomic mass is 16.5. The second-order valence-corrected chi connectivity index (χ2v) is 8.38. The lowest BCUT2D eigenvalue weighted by atomic mass is 10.2. The molecule has 3 N–H and O–H groups in total. The number of nitrogens with zero attached hydrogens (tertiary/aromatic N) is 1. The van der Waals surface area contributed by atoms with Crippen molar-refractivity contribution in [1.29, 1.82) is 0 Å². The third kappa shape index (κ3) is 8.36. The lowest BCUT2D eigenvalue weighted by Gasteiger charge is -2.19. The highest BCUT2D eigenvalue weighted by Crippen LogP contribution is 2.12. The summed E-state index contributed by atoms with van der Waals surface area (Å²) in [4.78, 5) is 72.3. The van der Waals surface area contributed by atoms with E-state index in [1.165, 1.54) is 13.8 Å². The van der Waals surface area contributed by atoms with E-state index in [9.17, 15) is 28.8 Å². The minimum Gasteiger partial charge on any atom is -0.461 e. The van der Waals surface area contributed by atoms with Gasteiger partial charge in [-0.2, -0.15) is 0 Å². The third-order valence-electron chi connectivity index (χ3n) is 5.06. The third-order valence-corrected chi connectivity index (χ3v) is 5.06. The Morgan fingerprint density at radius 2 is 1.43 bits per heavy atom. The monoisotopic (exact) mass is 486 g/mol. The molecule has 0 fully saturated rings. The molecule has 2 atom stereocenters. The summed E-state index contributed by atoms with van der Waals surface area (Å²) in [6.07, 6.45) is 2.10. The van der Waals surface area contributed by atoms with Crippen LogP contribution in [0.1, 0.15) is 39.7 Å². The Kier molecular flexibility index (Phi) is 9.68. The van der Waals surface area contributed by atoms with E-state index in [4.69, 9.17) is 4.74 Å². The fourth-order valence-electron chi connectivity index (χ4n) is 2.90. The van der Waals surface area contributed by atoms with E-state index >= 15 is 0 Å². The van der Waals surface area contributed by atoms with Gasteiger partial charge in [-0.05, 0) is 31.5 Å². The molecule has 0 saturated carbocycles. The Morgan fingerprint density at radius 3 is 2.00 bits per heavy atom. The molecule has 1 aromatic rings. The first kappa shape index (κ1) is 27.2. The normalized spacial score (nSPS) is 14.5. The number of imide groups is 1. The second-order valence-electron chi connectivity index (χ2n) is 8.38. The van der Waals surface area contributed by atoms with Gasteiger partial charge in [0.05, 0.1) is 5.92 Å². The number of anilines is 1. The Morgan fingerprint density at radius 1 is 0.857 bits per heavy atom. The summed E-state index contributed by atoms with van der Waals surface area (Å²) in [6, 6.07) is 4.90. The molecule has 0 saturated heterocycles. The standard InChI is InChI=1S/C24H30N4O7/c1-14(2)24(34)35-13-17-5-7-18(8-6-17)27-23(33)16(4)26-22(32)15(3)25-19(29)11-12-28-20(30)9-10-21(28)31/h5-10,14-16H,11-13H2,1-4H3,(H,25,29)(H,26,32)(H,27,33)/t15-,16-/m0/s1. The number of rotatable bonds is 11. The summed E-state index contributed by atoms with van der Waals surface area (Å²) in [5.74, 6) is -3.05. The number of esters is 1. The molecular weight excluding hydrogens is 456 g/mol. The first-order valence-electron chi connectivity index (χ1n) is 11.2. The van der Waals surface area contributed by atoms with Crippen molar-refractivity contribution in [2.45, 2.75) is 52.8 Å². The van der Waals surface area contributed by atoms with Crippen LogP contribution in [-0.2, 0) is 40.1 Å². The zero-order valence-corrected chi connectivity index (χ0v) is 20.1. The van der Waals surface area contributed by atoms with Gasteiger partial charge in [0.15, 0.2) is 0 Å². The highest BCUT2D eigenvalue weighted by Gasteiger charge is 2.25. The molecule has 11 nitrogen and oxygen atoms in total. The molecular formula is C24H30N4O7. The van der Waals surface area contributed by atoms with E-state index in [1.54, 1.807) is 38.1 Å². The maximum absolute atomic E-state index is 12.4. The molecule has 0 spiro atoms. The zero-order chi connectivity index (χ0) is 26.1. The summed E-state index contributed by atoms with van der Waals surface area (Å²) < 4.78 is 5.15. The van der Waals surface area contributed by atoms with Crippen LogP contribution in [-0.4, -0.2) is 59.0 Å². The smallest absolute Gasteiger partial charge is 0.308 e. The van der Waals surface area contributed by atoms with Crippen LogP contribution >= 0.6 is 0 Å². The van der Waals surface area contributed by atoms with Crippen molar-refractivity contribution in [3.05, 3.63) is 42.0 Å². The van der Waals surface area contributed by atoms with Crippen molar-refractivity contribution < 1.29 is 33.5 Å². The second kappa shape index (κ2) is 12.4. The van der Waals surface area contributed by atoms with Gasteiger partial charge in [0.2, 0.25) is 17.7 Å². The van der Waals surface area contributed by atoms with E-state index in [-0.39, 0.29) is 31.5 Å². The van der Waals surface area contributed by atoms with E-state index in [0.29, 0.717) is 5.69 Å². The van der Waals surface area contributed by atoms with E-state index in [0.717, 1.165) is 22.6 Å². The average molecular weight is 487 g/mol. The number of hydrogen-bond acceptors (Lipinski definition) is 7. The van der Waals surface area contributed by atoms with Gasteiger partial charge in [0.25, 0.3) is 11.8 Å². The van der Waals surface area contributed by atoms with E-state index in [2.05, 4.69) is 16.0 Å². The summed E-state index contributed by atoms with van der Waals surface area (Å²) in [5.41, 5.74) is 1.26. The Hall–Kier alpha value is -4.02. The number of hydrogen-bond donors (Lipinski definition) is 3. The predicted molar refractivity (Wildman–Crippen MR) is 125 cm³/mol. The molecule has 1 aliphatic heterocycles. The van der Waals surface area contributed by atoms with Gasteiger partial charge >= 0.3 is 5.97 Å². The molecule has 188 valence electrons. The molecule has 11 heteroatoms. The molecule has 0 radical (unpaired) electrons. The van der Waals surface area contributed by atoms with Gasteiger partial charge in [0, 0.05) is 30.8 Å². The number of benzene rings is 1. The molecule has 1 aromatic carbocycles. The van der Waals surface area contributed by atoms with Gasteiger partial charge in [-0.1, -0.05) is 26.0 Å². The van der Waals surface area contributed by atoms with Gasteiger partial charge in [-0.25, -0.2) is 0 Å². The fraction of sp³-hybridized carbons (Fsp3) is 0.417. The van der Waals surface area contributed by atoms with Crippen molar-refractivity contribution in [3.8, 4) is 0 Å². The quantitative estimate of drug-likeness (QED) is 0.307. The molecule has 0 unspecified atom stereocenters. The minimum atomic E-state index is -0.936. The van der Waals surface area contributed by atoms with Crippen LogP contribution in [0, 0.1) is 5.92 Å². The van der Waals surface area contributed by atoms with Crippen LogP contribution in [0.3, 0.4) is 0 Å². The van der Waals surface area contributed by atoms with Crippen LogP contribution in [0.5, 0.6) is 0 Å². The van der Waals surface area contributed by atoms with Crippen LogP contribution in [0.25, 0.3) is 0 Å². The maximum Gasteiger partial charge on any atom is 0.308 e. The Labute approximate surface area is 203 Å². The van der Waals surface area contributed by atoms with Crippen molar-refractivity contribution in [1.82, 2.24) is 15.5 Å². The van der Waals surface area contributed by atoms with E-state index in [1.807, 2.05) is 0 Å². The van der Waals surface area contributed by atoms with Gasteiger partial charge in [0.1, 0.15) is 18.7 Å². The first-order valence-corrected chi connectivity index (χ1v) is 11.2. The maximum atomic E-state index is 12.4. The first-order chi connectivity index (χ1) is 16.5. The van der Waals surface area contributed by atoms with Crippen molar-refractivity contribution in [3.63, 3.8) is 0 Å². The van der Waals surface area contributed by atoms with Crippen LogP contribution in [0.15, 0.2) is 36.4 Å². The number of carbonyl (C=O) groups excluding carboxylic acids is 6. The van der Waals surface area contributed by atoms with Gasteiger partial charge in [-0.3, -0.25) is 33.7 Å². The fourth-order valence-corrected chi connectivity index (χ4v) is 2.90. The molecule has 0 bridgehead atoms. The lowest BCUT2D eigenvalue weighted by molar-refractivity contribution is -0.148. The zero-order valence-electron chi connectivity index (χ0n) is 20.1. The number of amides is 5. The molecule has 1 heterocycles. The SMILES string of the molecule is CC(C)C(=O)OCc1ccc(NC(=O)[C@H](C)NC(=O)[C@H](C)NC(=O)CCN2C(=O)C=CC2=O)cc1. The van der Waals surface area contributed by atoms with Crippen LogP contribution < -0.4 is 16.0 Å². The van der Waals surface area contributed by atoms with Gasteiger partial charge in [-0.15, -0.1) is 0 Å². The topological polar surface area (TPSA) is 151 Å². The van der Waals surface area contributed by atoms with Crippen molar-refractivity contribution in [2.24, 2.45) is 5.92 Å². The molecule has 0 aliphatic carbocycles. The molecule has 35 heavy (non-hydrogen) atoms. The summed E-state index contributed by atoms with van der Waals surface area (Å²) in [6.45, 7) is 6.48. The van der Waals surface area contributed by atoms with E-state index < -0.39 is 41.6 Å². The number of ether oxygens (including phenoxy) is 1. The average Bonchev–Trinajstić information content (AvgIpc) is 3.13. The van der Waals surface area contributed by atoms with Crippen LogP contribution in [0.2, 0.25) is 0 Å². The molecule has 1 aliphatic rings. The minimum absolute atomic E-state index is 0.0946. The predicted octanol–water partition coefficient (Wildman–Crippen LogP) is 0.649. The molecule has 5 amide bonds. The highest BCUT2D eigenvalue weighted by molar-refractivity contribution is 6.13. The Balaban J connectivity index is 1.75. The molecule has 0 aromatic heterocycles. The van der Waals surface area contributed by atoms with Crippen LogP contribution in [0.4, 0.5) is 5.69 Å². The van der Waals surface area contributed by atoms with Gasteiger partial charge < -0.3 is 20.7 Å². The van der Waals surface area contributed by atoms with Crippen molar-refractivity contribution in [2.75, 3.05) is 11.9 Å². The number of carbonyl (C=O) groups is 6. The summed E-state index contributed by atoms with van der Waals surface area (Å²) in [5, 5.41) is 7.66. The summed E-state index contributed by atoms with van der Waals surface area (Å²) in [7, 11) is 0. The summed E-state index contributed by atoms with van der Waals surface area (Å²) >= 11 is 0.